The Kier molecular flexibility index (Phi) is 8.30. The summed E-state index contributed by atoms with van der Waals surface area (Å²) >= 11 is 0. The van der Waals surface area contributed by atoms with E-state index in [2.05, 4.69) is 0 Å². The zero-order valence-corrected chi connectivity index (χ0v) is 18.9. The first-order valence-corrected chi connectivity index (χ1v) is 9.93. The van der Waals surface area contributed by atoms with Crippen molar-refractivity contribution in [1.29, 1.82) is 0 Å². The zero-order valence-electron chi connectivity index (χ0n) is 18.9. The molecule has 2 aromatic carbocycles. The van der Waals surface area contributed by atoms with Crippen LogP contribution in [0.1, 0.15) is 43.1 Å². The zero-order chi connectivity index (χ0) is 23.0. The molecule has 7 nitrogen and oxygen atoms in total. The summed E-state index contributed by atoms with van der Waals surface area (Å²) in [6.07, 6.45) is 0.695. The standard InChI is InChI=1S/C24H30O7/c1-24(2,3)31-22(26)15-30-18-9-7-8-16(12-18)20(25)11-10-17-13-19(27-4)14-21(28-5)23(17)29-6/h7-9,12-14H,10-11,15H2,1-6H3. The van der Waals surface area contributed by atoms with Gasteiger partial charge in [-0.05, 0) is 45.4 Å². The quantitative estimate of drug-likeness (QED) is 0.412. The highest BCUT2D eigenvalue weighted by atomic mass is 16.6. The highest BCUT2D eigenvalue weighted by Gasteiger charge is 2.18. The summed E-state index contributed by atoms with van der Waals surface area (Å²) < 4.78 is 26.8. The van der Waals surface area contributed by atoms with Crippen LogP contribution in [-0.2, 0) is 16.0 Å². The normalized spacial score (nSPS) is 10.9. The molecule has 0 saturated carbocycles. The second-order valence-electron chi connectivity index (χ2n) is 7.85. The van der Waals surface area contributed by atoms with Gasteiger partial charge in [-0.25, -0.2) is 4.79 Å². The number of carbonyl (C=O) groups is 2. The molecule has 0 amide bonds. The molecule has 2 rings (SSSR count). The minimum Gasteiger partial charge on any atom is -0.497 e. The number of benzene rings is 2. The maximum absolute atomic E-state index is 12.8. The number of aryl methyl sites for hydroxylation is 1. The van der Waals surface area contributed by atoms with Crippen molar-refractivity contribution in [3.63, 3.8) is 0 Å². The van der Waals surface area contributed by atoms with E-state index >= 15 is 0 Å². The average Bonchev–Trinajstić information content (AvgIpc) is 2.74. The van der Waals surface area contributed by atoms with Gasteiger partial charge in [0.1, 0.15) is 17.1 Å². The summed E-state index contributed by atoms with van der Waals surface area (Å²) in [6.45, 7) is 5.14. The molecule has 2 aromatic rings. The number of rotatable bonds is 10. The van der Waals surface area contributed by atoms with Crippen molar-refractivity contribution in [3.05, 3.63) is 47.5 Å². The molecule has 0 heterocycles. The number of Topliss-reactive ketones (excluding diaryl/α,β-unsaturated/α-hetero) is 1. The van der Waals surface area contributed by atoms with Crippen LogP contribution in [0.15, 0.2) is 36.4 Å². The molecule has 0 aliphatic carbocycles. The van der Waals surface area contributed by atoms with Crippen LogP contribution in [-0.4, -0.2) is 45.3 Å². The molecule has 0 atom stereocenters. The smallest absolute Gasteiger partial charge is 0.344 e. The Balaban J connectivity index is 2.05. The predicted octanol–water partition coefficient (Wildman–Crippen LogP) is 4.25. The van der Waals surface area contributed by atoms with Crippen molar-refractivity contribution in [2.24, 2.45) is 0 Å². The number of ketones is 1. The fraction of sp³-hybridized carbons (Fsp3) is 0.417. The van der Waals surface area contributed by atoms with Crippen LogP contribution in [0.4, 0.5) is 0 Å². The van der Waals surface area contributed by atoms with E-state index in [1.807, 2.05) is 6.07 Å². The van der Waals surface area contributed by atoms with E-state index in [0.29, 0.717) is 35.0 Å². The second-order valence-corrected chi connectivity index (χ2v) is 7.85. The molecule has 0 unspecified atom stereocenters. The monoisotopic (exact) mass is 430 g/mol. The molecule has 0 aromatic heterocycles. The van der Waals surface area contributed by atoms with Crippen LogP contribution in [0.25, 0.3) is 0 Å². The van der Waals surface area contributed by atoms with Gasteiger partial charge in [-0.15, -0.1) is 0 Å². The summed E-state index contributed by atoms with van der Waals surface area (Å²) in [6, 6.07) is 10.3. The van der Waals surface area contributed by atoms with Crippen LogP contribution in [0.3, 0.4) is 0 Å². The first-order chi connectivity index (χ1) is 14.7. The van der Waals surface area contributed by atoms with E-state index in [1.165, 1.54) is 0 Å². The van der Waals surface area contributed by atoms with E-state index in [-0.39, 0.29) is 18.8 Å². The molecule has 0 aliphatic rings. The van der Waals surface area contributed by atoms with Crippen molar-refractivity contribution >= 4 is 11.8 Å². The van der Waals surface area contributed by atoms with Gasteiger partial charge in [0.25, 0.3) is 0 Å². The van der Waals surface area contributed by atoms with Gasteiger partial charge in [0.2, 0.25) is 0 Å². The predicted molar refractivity (Wildman–Crippen MR) is 117 cm³/mol. The van der Waals surface area contributed by atoms with Crippen LogP contribution >= 0.6 is 0 Å². The van der Waals surface area contributed by atoms with Crippen molar-refractivity contribution < 1.29 is 33.3 Å². The SMILES string of the molecule is COc1cc(CCC(=O)c2cccc(OCC(=O)OC(C)(C)C)c2)c(OC)c(OC)c1. The Morgan fingerprint density at radius 3 is 2.26 bits per heavy atom. The fourth-order valence-corrected chi connectivity index (χ4v) is 2.98. The Morgan fingerprint density at radius 2 is 1.65 bits per heavy atom. The number of hydrogen-bond acceptors (Lipinski definition) is 7. The largest absolute Gasteiger partial charge is 0.497 e. The lowest BCUT2D eigenvalue weighted by atomic mass is 10.0. The molecular formula is C24H30O7. The Bertz CT molecular complexity index is 913. The lowest BCUT2D eigenvalue weighted by Crippen LogP contribution is -2.27. The van der Waals surface area contributed by atoms with Crippen LogP contribution in [0.2, 0.25) is 0 Å². The average molecular weight is 430 g/mol. The third kappa shape index (κ3) is 7.20. The summed E-state index contributed by atoms with van der Waals surface area (Å²) in [7, 11) is 4.68. The Labute approximate surface area is 183 Å². The van der Waals surface area contributed by atoms with Gasteiger partial charge in [0, 0.05) is 23.6 Å². The van der Waals surface area contributed by atoms with Crippen LogP contribution in [0, 0.1) is 0 Å². The van der Waals surface area contributed by atoms with Crippen molar-refractivity contribution in [2.75, 3.05) is 27.9 Å². The molecule has 31 heavy (non-hydrogen) atoms. The van der Waals surface area contributed by atoms with E-state index in [9.17, 15) is 9.59 Å². The van der Waals surface area contributed by atoms with Gasteiger partial charge in [0.05, 0.1) is 21.3 Å². The van der Waals surface area contributed by atoms with Gasteiger partial charge in [-0.1, -0.05) is 12.1 Å². The molecule has 0 N–H and O–H groups in total. The molecule has 0 radical (unpaired) electrons. The number of methoxy groups -OCH3 is 3. The number of ether oxygens (including phenoxy) is 5. The lowest BCUT2D eigenvalue weighted by Gasteiger charge is -2.19. The summed E-state index contributed by atoms with van der Waals surface area (Å²) in [5, 5.41) is 0. The summed E-state index contributed by atoms with van der Waals surface area (Å²) in [5.74, 6) is 1.64. The first kappa shape index (κ1) is 24.1. The lowest BCUT2D eigenvalue weighted by molar-refractivity contribution is -0.157. The van der Waals surface area contributed by atoms with E-state index in [0.717, 1.165) is 5.56 Å². The van der Waals surface area contributed by atoms with E-state index < -0.39 is 11.6 Å². The Hall–Kier alpha value is -3.22. The third-order valence-electron chi connectivity index (χ3n) is 4.32. The Morgan fingerprint density at radius 1 is 0.903 bits per heavy atom. The highest BCUT2D eigenvalue weighted by molar-refractivity contribution is 5.96. The second kappa shape index (κ2) is 10.7. The molecule has 0 spiro atoms. The third-order valence-corrected chi connectivity index (χ3v) is 4.32. The van der Waals surface area contributed by atoms with Gasteiger partial charge in [0.15, 0.2) is 23.9 Å². The van der Waals surface area contributed by atoms with Crippen molar-refractivity contribution in [3.8, 4) is 23.0 Å². The molecule has 0 saturated heterocycles. The van der Waals surface area contributed by atoms with Gasteiger partial charge in [-0.2, -0.15) is 0 Å². The maximum atomic E-state index is 12.8. The fourth-order valence-electron chi connectivity index (χ4n) is 2.98. The maximum Gasteiger partial charge on any atom is 0.344 e. The van der Waals surface area contributed by atoms with E-state index in [1.54, 1.807) is 72.4 Å². The van der Waals surface area contributed by atoms with Gasteiger partial charge in [-0.3, -0.25) is 4.79 Å². The van der Waals surface area contributed by atoms with Gasteiger partial charge < -0.3 is 23.7 Å². The minimum atomic E-state index is -0.581. The van der Waals surface area contributed by atoms with Crippen molar-refractivity contribution in [1.82, 2.24) is 0 Å². The topological polar surface area (TPSA) is 80.3 Å². The molecule has 0 fully saturated rings. The van der Waals surface area contributed by atoms with Crippen LogP contribution in [0.5, 0.6) is 23.0 Å². The number of hydrogen-bond donors (Lipinski definition) is 0. The number of esters is 1. The molecule has 7 heteroatoms. The highest BCUT2D eigenvalue weighted by Crippen LogP contribution is 2.36. The van der Waals surface area contributed by atoms with Gasteiger partial charge >= 0.3 is 5.97 Å². The summed E-state index contributed by atoms with van der Waals surface area (Å²) in [4.78, 5) is 24.6. The molecule has 0 bridgehead atoms. The summed E-state index contributed by atoms with van der Waals surface area (Å²) in [5.41, 5.74) is 0.724. The first-order valence-electron chi connectivity index (χ1n) is 9.93. The molecular weight excluding hydrogens is 400 g/mol. The minimum absolute atomic E-state index is 0.0634. The van der Waals surface area contributed by atoms with Crippen LogP contribution < -0.4 is 18.9 Å². The molecule has 168 valence electrons. The molecule has 0 aliphatic heterocycles. The number of carbonyl (C=O) groups excluding carboxylic acids is 2. The van der Waals surface area contributed by atoms with E-state index in [4.69, 9.17) is 23.7 Å². The van der Waals surface area contributed by atoms with Crippen molar-refractivity contribution in [2.45, 2.75) is 39.2 Å².